The number of H-pyrrole nitrogens is 1. The topological polar surface area (TPSA) is 88.4 Å². The van der Waals surface area contributed by atoms with Crippen LogP contribution in [0.25, 0.3) is 32.8 Å². The van der Waals surface area contributed by atoms with Crippen molar-refractivity contribution in [2.24, 2.45) is 5.10 Å². The fourth-order valence-electron chi connectivity index (χ4n) is 5.93. The monoisotopic (exact) mass is 578 g/mol. The zero-order chi connectivity index (χ0) is 30.4. The molecule has 8 heteroatoms. The predicted octanol–water partition coefficient (Wildman–Crippen LogP) is 7.18. The first-order valence-electron chi connectivity index (χ1n) is 14.3. The van der Waals surface area contributed by atoms with E-state index in [4.69, 9.17) is 10.1 Å². The Kier molecular flexibility index (Phi) is 6.63. The summed E-state index contributed by atoms with van der Waals surface area (Å²) < 4.78 is 13.8. The molecule has 1 atom stereocenters. The van der Waals surface area contributed by atoms with Crippen LogP contribution in [0.15, 0.2) is 113 Å². The Morgan fingerprint density at radius 1 is 0.909 bits per heavy atom. The lowest BCUT2D eigenvalue weighted by Crippen LogP contribution is -2.25. The van der Waals surface area contributed by atoms with Gasteiger partial charge in [-0.05, 0) is 69.6 Å². The van der Waals surface area contributed by atoms with Crippen molar-refractivity contribution in [1.29, 1.82) is 5.26 Å². The van der Waals surface area contributed by atoms with Gasteiger partial charge >= 0.3 is 0 Å². The summed E-state index contributed by atoms with van der Waals surface area (Å²) in [5.41, 5.74) is 3.85. The van der Waals surface area contributed by atoms with E-state index < -0.39 is 11.4 Å². The molecule has 1 unspecified atom stereocenters. The Bertz CT molecular complexity index is 2130. The van der Waals surface area contributed by atoms with Crippen molar-refractivity contribution in [3.63, 3.8) is 0 Å². The van der Waals surface area contributed by atoms with Crippen molar-refractivity contribution in [2.45, 2.75) is 12.5 Å². The van der Waals surface area contributed by atoms with E-state index in [0.29, 0.717) is 12.0 Å². The number of rotatable bonds is 5. The summed E-state index contributed by atoms with van der Waals surface area (Å²) in [6, 6.07) is 34.2. The first kappa shape index (κ1) is 27.0. The van der Waals surface area contributed by atoms with Gasteiger partial charge in [0.2, 0.25) is 5.95 Å². The summed E-state index contributed by atoms with van der Waals surface area (Å²) in [5.74, 6) is -0.218. The van der Waals surface area contributed by atoms with Crippen LogP contribution in [0.2, 0.25) is 0 Å². The summed E-state index contributed by atoms with van der Waals surface area (Å²) in [6.07, 6.45) is 0.551. The number of nitriles is 1. The second kappa shape index (κ2) is 10.8. The number of fused-ring (bicyclic) bond motifs is 2. The number of benzene rings is 5. The molecule has 6 aromatic rings. The summed E-state index contributed by atoms with van der Waals surface area (Å²) >= 11 is 0. The molecule has 1 aromatic heterocycles. The van der Waals surface area contributed by atoms with Crippen molar-refractivity contribution in [3.8, 4) is 17.3 Å². The molecule has 0 radical (unpaired) electrons. The molecule has 5 aromatic carbocycles. The minimum Gasteiger partial charge on any atom is -0.378 e. The zero-order valence-corrected chi connectivity index (χ0v) is 24.1. The molecule has 7 rings (SSSR count). The summed E-state index contributed by atoms with van der Waals surface area (Å²) in [4.78, 5) is 22.9. The smallest absolute Gasteiger partial charge is 0.270 e. The molecule has 2 heterocycles. The molecule has 0 fully saturated rings. The highest BCUT2D eigenvalue weighted by Crippen LogP contribution is 2.39. The maximum atomic E-state index is 13.8. The summed E-state index contributed by atoms with van der Waals surface area (Å²) in [5, 5.41) is 21.1. The Labute approximate surface area is 253 Å². The highest BCUT2D eigenvalue weighted by atomic mass is 19.1. The summed E-state index contributed by atoms with van der Waals surface area (Å²) in [6.45, 7) is 0. The fraction of sp³-hybridized carbons (Fsp3) is 0.111. The minimum atomic E-state index is -0.585. The van der Waals surface area contributed by atoms with Crippen LogP contribution in [-0.4, -0.2) is 29.8 Å². The van der Waals surface area contributed by atoms with E-state index in [1.165, 1.54) is 24.3 Å². The van der Waals surface area contributed by atoms with E-state index in [0.717, 1.165) is 44.1 Å². The van der Waals surface area contributed by atoms with Gasteiger partial charge in [0.05, 0.1) is 17.4 Å². The molecule has 0 amide bonds. The van der Waals surface area contributed by atoms with Gasteiger partial charge in [-0.2, -0.15) is 10.4 Å². The molecular weight excluding hydrogens is 551 g/mol. The van der Waals surface area contributed by atoms with Gasteiger partial charge in [-0.15, -0.1) is 0 Å². The summed E-state index contributed by atoms with van der Waals surface area (Å²) in [7, 11) is 3.98. The number of hydrogen-bond donors (Lipinski definition) is 1. The average Bonchev–Trinajstić information content (AvgIpc) is 3.48. The Morgan fingerprint density at radius 2 is 1.55 bits per heavy atom. The van der Waals surface area contributed by atoms with E-state index in [1.807, 2.05) is 49.3 Å². The Morgan fingerprint density at radius 3 is 2.16 bits per heavy atom. The first-order chi connectivity index (χ1) is 21.4. The molecule has 214 valence electrons. The number of aromatic amines is 1. The van der Waals surface area contributed by atoms with E-state index in [2.05, 4.69) is 59.6 Å². The van der Waals surface area contributed by atoms with E-state index >= 15 is 0 Å². The van der Waals surface area contributed by atoms with Gasteiger partial charge in [-0.3, -0.25) is 9.78 Å². The lowest BCUT2D eigenvalue weighted by atomic mass is 9.90. The van der Waals surface area contributed by atoms with Crippen LogP contribution in [0.1, 0.15) is 29.2 Å². The number of hydrazone groups is 1. The quantitative estimate of drug-likeness (QED) is 0.219. The largest absolute Gasteiger partial charge is 0.378 e. The molecule has 1 aliphatic rings. The third-order valence-electron chi connectivity index (χ3n) is 8.12. The second-order valence-corrected chi connectivity index (χ2v) is 11.0. The maximum absolute atomic E-state index is 13.8. The van der Waals surface area contributed by atoms with Crippen molar-refractivity contribution >= 4 is 38.9 Å². The van der Waals surface area contributed by atoms with Crippen LogP contribution >= 0.6 is 0 Å². The molecule has 1 aliphatic heterocycles. The lowest BCUT2D eigenvalue weighted by Gasteiger charge is -2.23. The van der Waals surface area contributed by atoms with Gasteiger partial charge in [0.1, 0.15) is 17.4 Å². The third-order valence-corrected chi connectivity index (χ3v) is 8.12. The standard InChI is InChI=1S/C36H27FN6O/c1-42(2)27-17-13-22(14-18-27)32-20-31(33-28-9-5-3-7-24(28)19-25-8-4-6-10-29(25)33)41-43(32)36-39-34(30(21-38)35(44)40-36)23-11-15-26(37)16-12-23/h3-19,32H,20H2,1-2H3,(H,39,40,44). The lowest BCUT2D eigenvalue weighted by molar-refractivity contribution is 0.628. The minimum absolute atomic E-state index is 0.143. The number of hydrogen-bond acceptors (Lipinski definition) is 6. The maximum Gasteiger partial charge on any atom is 0.270 e. The van der Waals surface area contributed by atoms with E-state index in [-0.39, 0.29) is 23.2 Å². The van der Waals surface area contributed by atoms with Crippen molar-refractivity contribution < 1.29 is 4.39 Å². The van der Waals surface area contributed by atoms with Gasteiger partial charge < -0.3 is 4.90 Å². The molecular formula is C36H27FN6O. The van der Waals surface area contributed by atoms with Crippen LogP contribution in [0.3, 0.4) is 0 Å². The predicted molar refractivity (Wildman–Crippen MR) is 174 cm³/mol. The van der Waals surface area contributed by atoms with Gasteiger partial charge in [0.25, 0.3) is 5.56 Å². The second-order valence-electron chi connectivity index (χ2n) is 11.0. The van der Waals surface area contributed by atoms with Gasteiger partial charge in [0.15, 0.2) is 0 Å². The molecule has 0 saturated carbocycles. The van der Waals surface area contributed by atoms with Crippen molar-refractivity contribution in [1.82, 2.24) is 9.97 Å². The van der Waals surface area contributed by atoms with E-state index in [1.54, 1.807) is 5.01 Å². The molecule has 0 bridgehead atoms. The van der Waals surface area contributed by atoms with Crippen LogP contribution in [0.5, 0.6) is 0 Å². The SMILES string of the molecule is CN(C)c1ccc(C2CC(c3c4ccccc4cc4ccccc34)=NN2c2nc(-c3ccc(F)cc3)c(C#N)c(=O)[nH]2)cc1. The van der Waals surface area contributed by atoms with Crippen molar-refractivity contribution in [3.05, 3.63) is 136 Å². The molecule has 0 spiro atoms. The molecule has 0 aliphatic carbocycles. The average molecular weight is 579 g/mol. The highest BCUT2D eigenvalue weighted by Gasteiger charge is 2.33. The molecule has 44 heavy (non-hydrogen) atoms. The number of aromatic nitrogens is 2. The number of halogens is 1. The Balaban J connectivity index is 1.45. The zero-order valence-electron chi connectivity index (χ0n) is 24.1. The van der Waals surface area contributed by atoms with Crippen LogP contribution in [0, 0.1) is 17.1 Å². The third kappa shape index (κ3) is 4.65. The Hall–Kier alpha value is -5.81. The van der Waals surface area contributed by atoms with Gasteiger partial charge in [0, 0.05) is 37.3 Å². The van der Waals surface area contributed by atoms with Gasteiger partial charge in [-0.1, -0.05) is 60.7 Å². The van der Waals surface area contributed by atoms with Gasteiger partial charge in [-0.25, -0.2) is 14.4 Å². The van der Waals surface area contributed by atoms with E-state index in [9.17, 15) is 14.4 Å². The molecule has 7 nitrogen and oxygen atoms in total. The number of anilines is 2. The normalized spacial score (nSPS) is 14.5. The van der Waals surface area contributed by atoms with Crippen LogP contribution in [0.4, 0.5) is 16.0 Å². The number of nitrogens with one attached hydrogen (secondary N) is 1. The van der Waals surface area contributed by atoms with Crippen molar-refractivity contribution in [2.75, 3.05) is 24.0 Å². The fourth-order valence-corrected chi connectivity index (χ4v) is 5.93. The van der Waals surface area contributed by atoms with Crippen LogP contribution < -0.4 is 15.5 Å². The van der Waals surface area contributed by atoms with Crippen LogP contribution in [-0.2, 0) is 0 Å². The highest BCUT2D eigenvalue weighted by molar-refractivity contribution is 6.21. The first-order valence-corrected chi connectivity index (χ1v) is 14.3. The molecule has 1 N–H and O–H groups in total. The number of nitrogens with zero attached hydrogens (tertiary/aromatic N) is 5. The molecule has 0 saturated heterocycles.